The van der Waals surface area contributed by atoms with Crippen LogP contribution in [0.5, 0.6) is 0 Å². The molecular formula is C21H26BrN5O4. The summed E-state index contributed by atoms with van der Waals surface area (Å²) in [6.45, 7) is 2.42. The van der Waals surface area contributed by atoms with E-state index in [0.717, 1.165) is 22.2 Å². The highest BCUT2D eigenvalue weighted by Gasteiger charge is 2.54. The predicted molar refractivity (Wildman–Crippen MR) is 116 cm³/mol. The van der Waals surface area contributed by atoms with E-state index < -0.39 is 17.6 Å². The van der Waals surface area contributed by atoms with Gasteiger partial charge in [-0.25, -0.2) is 14.7 Å². The largest absolute Gasteiger partial charge is 0.341 e. The molecule has 1 aliphatic carbocycles. The molecule has 3 fully saturated rings. The fourth-order valence-electron chi connectivity index (χ4n) is 4.73. The van der Waals surface area contributed by atoms with Gasteiger partial charge in [0.15, 0.2) is 0 Å². The Labute approximate surface area is 189 Å². The summed E-state index contributed by atoms with van der Waals surface area (Å²) < 4.78 is 0.829. The zero-order chi connectivity index (χ0) is 22.2. The van der Waals surface area contributed by atoms with Gasteiger partial charge in [0.1, 0.15) is 17.4 Å². The summed E-state index contributed by atoms with van der Waals surface area (Å²) in [5.41, 5.74) is -0.822. The Bertz CT molecular complexity index is 892. The summed E-state index contributed by atoms with van der Waals surface area (Å²) in [7, 11) is 0. The number of piperidine rings is 1. The van der Waals surface area contributed by atoms with Crippen LogP contribution in [0.15, 0.2) is 22.8 Å². The van der Waals surface area contributed by atoms with E-state index in [1.807, 2.05) is 0 Å². The molecule has 5 amide bonds. The Balaban J connectivity index is 1.32. The van der Waals surface area contributed by atoms with Crippen molar-refractivity contribution < 1.29 is 19.2 Å². The molecule has 166 valence electrons. The van der Waals surface area contributed by atoms with Gasteiger partial charge in [-0.3, -0.25) is 14.4 Å². The van der Waals surface area contributed by atoms with Crippen LogP contribution >= 0.6 is 15.9 Å². The third-order valence-corrected chi connectivity index (χ3v) is 7.02. The Kier molecular flexibility index (Phi) is 6.00. The van der Waals surface area contributed by atoms with E-state index >= 15 is 0 Å². The maximum Gasteiger partial charge on any atom is 0.325 e. The van der Waals surface area contributed by atoms with E-state index in [1.54, 1.807) is 30.2 Å². The van der Waals surface area contributed by atoms with Crippen LogP contribution in [0.1, 0.15) is 45.4 Å². The van der Waals surface area contributed by atoms with Crippen LogP contribution in [0.2, 0.25) is 0 Å². The second-order valence-corrected chi connectivity index (χ2v) is 9.44. The van der Waals surface area contributed by atoms with E-state index in [2.05, 4.69) is 31.5 Å². The van der Waals surface area contributed by atoms with E-state index in [-0.39, 0.29) is 23.6 Å². The zero-order valence-corrected chi connectivity index (χ0v) is 19.0. The Morgan fingerprint density at radius 1 is 1.23 bits per heavy atom. The minimum atomic E-state index is -0.857. The summed E-state index contributed by atoms with van der Waals surface area (Å²) in [6, 6.07) is 2.18. The van der Waals surface area contributed by atoms with Crippen LogP contribution in [0.4, 0.5) is 10.6 Å². The van der Waals surface area contributed by atoms with Crippen LogP contribution in [-0.2, 0) is 14.4 Å². The first-order valence-electron chi connectivity index (χ1n) is 10.7. The highest BCUT2D eigenvalue weighted by Crippen LogP contribution is 2.36. The van der Waals surface area contributed by atoms with E-state index in [9.17, 15) is 19.2 Å². The molecule has 10 heteroatoms. The lowest BCUT2D eigenvalue weighted by molar-refractivity contribution is -0.144. The quantitative estimate of drug-likeness (QED) is 0.627. The molecule has 1 aromatic rings. The van der Waals surface area contributed by atoms with Crippen LogP contribution < -0.4 is 10.6 Å². The first-order valence-corrected chi connectivity index (χ1v) is 11.5. The molecule has 1 spiro atoms. The molecule has 1 unspecified atom stereocenters. The first kappa shape index (κ1) is 21.7. The lowest BCUT2D eigenvalue weighted by atomic mass is 9.95. The van der Waals surface area contributed by atoms with Crippen molar-refractivity contribution in [2.45, 2.75) is 57.0 Å². The molecule has 2 aliphatic heterocycles. The predicted octanol–water partition coefficient (Wildman–Crippen LogP) is 2.27. The van der Waals surface area contributed by atoms with Crippen LogP contribution in [0.3, 0.4) is 0 Å². The fourth-order valence-corrected chi connectivity index (χ4v) is 4.96. The average Bonchev–Trinajstić information content (AvgIpc) is 3.33. The number of pyridine rings is 1. The standard InChI is InChI=1S/C21H26BrN5O4/c1-13(27-19(30)21(25-20(27)31)8-2-3-9-21)18(29)26-10-6-14(7-11-26)17(28)24-16-5-4-15(22)12-23-16/h4-5,12-14H,2-3,6-11H2,1H3,(H,25,31)(H,23,24,28). The maximum atomic E-state index is 13.0. The molecule has 0 bridgehead atoms. The summed E-state index contributed by atoms with van der Waals surface area (Å²) in [6.07, 6.45) is 5.70. The molecule has 0 radical (unpaired) electrons. The molecule has 4 rings (SSSR count). The maximum absolute atomic E-state index is 13.0. The Morgan fingerprint density at radius 2 is 1.90 bits per heavy atom. The average molecular weight is 492 g/mol. The van der Waals surface area contributed by atoms with Crippen LogP contribution in [0.25, 0.3) is 0 Å². The number of halogens is 1. The minimum Gasteiger partial charge on any atom is -0.341 e. The zero-order valence-electron chi connectivity index (χ0n) is 17.4. The SMILES string of the molecule is CC(C(=O)N1CCC(C(=O)Nc2ccc(Br)cn2)CC1)N1C(=O)NC2(CCCC2)C1=O. The molecular weight excluding hydrogens is 466 g/mol. The molecule has 3 aliphatic rings. The molecule has 31 heavy (non-hydrogen) atoms. The van der Waals surface area contributed by atoms with Crippen molar-refractivity contribution in [1.82, 2.24) is 20.1 Å². The number of imide groups is 1. The van der Waals surface area contributed by atoms with Crippen molar-refractivity contribution in [2.75, 3.05) is 18.4 Å². The second-order valence-electron chi connectivity index (χ2n) is 8.52. The van der Waals surface area contributed by atoms with Crippen molar-refractivity contribution in [2.24, 2.45) is 5.92 Å². The van der Waals surface area contributed by atoms with Gasteiger partial charge in [0, 0.05) is 29.7 Å². The van der Waals surface area contributed by atoms with Gasteiger partial charge in [0.05, 0.1) is 0 Å². The van der Waals surface area contributed by atoms with Crippen LogP contribution in [0, 0.1) is 5.92 Å². The lowest BCUT2D eigenvalue weighted by Gasteiger charge is -2.34. The monoisotopic (exact) mass is 491 g/mol. The number of amides is 5. The van der Waals surface area contributed by atoms with Crippen molar-refractivity contribution in [3.8, 4) is 0 Å². The number of nitrogens with zero attached hydrogens (tertiary/aromatic N) is 3. The minimum absolute atomic E-state index is 0.118. The number of rotatable bonds is 4. The number of hydrogen-bond acceptors (Lipinski definition) is 5. The topological polar surface area (TPSA) is 112 Å². The van der Waals surface area contributed by atoms with Crippen molar-refractivity contribution >= 4 is 45.5 Å². The summed E-state index contributed by atoms with van der Waals surface area (Å²) in [4.78, 5) is 57.8. The van der Waals surface area contributed by atoms with Crippen LogP contribution in [-0.4, -0.2) is 63.2 Å². The number of urea groups is 1. The van der Waals surface area contributed by atoms with E-state index in [4.69, 9.17) is 0 Å². The fraction of sp³-hybridized carbons (Fsp3) is 0.571. The van der Waals surface area contributed by atoms with Crippen molar-refractivity contribution in [3.05, 3.63) is 22.8 Å². The number of nitrogens with one attached hydrogen (secondary N) is 2. The number of aromatic nitrogens is 1. The molecule has 0 aromatic carbocycles. The van der Waals surface area contributed by atoms with E-state index in [0.29, 0.717) is 44.6 Å². The summed E-state index contributed by atoms with van der Waals surface area (Å²) in [5, 5.41) is 5.63. The molecule has 1 saturated carbocycles. The summed E-state index contributed by atoms with van der Waals surface area (Å²) >= 11 is 3.31. The van der Waals surface area contributed by atoms with Gasteiger partial charge in [0.2, 0.25) is 11.8 Å². The number of carbonyl (C=O) groups is 4. The molecule has 9 nitrogen and oxygen atoms in total. The first-order chi connectivity index (χ1) is 14.8. The highest BCUT2D eigenvalue weighted by molar-refractivity contribution is 9.10. The number of anilines is 1. The molecule has 3 heterocycles. The van der Waals surface area contributed by atoms with E-state index in [1.165, 1.54) is 0 Å². The van der Waals surface area contributed by atoms with Gasteiger partial charge in [-0.1, -0.05) is 12.8 Å². The van der Waals surface area contributed by atoms with Crippen molar-refractivity contribution in [1.29, 1.82) is 0 Å². The highest BCUT2D eigenvalue weighted by atomic mass is 79.9. The van der Waals surface area contributed by atoms with Gasteiger partial charge >= 0.3 is 6.03 Å². The number of likely N-dealkylation sites (tertiary alicyclic amines) is 1. The number of carbonyl (C=O) groups excluding carboxylic acids is 4. The Hall–Kier alpha value is -2.49. The Morgan fingerprint density at radius 3 is 2.52 bits per heavy atom. The van der Waals surface area contributed by atoms with Gasteiger partial charge in [0.25, 0.3) is 5.91 Å². The summed E-state index contributed by atoms with van der Waals surface area (Å²) in [5.74, 6) is -0.394. The molecule has 1 atom stereocenters. The van der Waals surface area contributed by atoms with Gasteiger partial charge in [-0.15, -0.1) is 0 Å². The van der Waals surface area contributed by atoms with Crippen molar-refractivity contribution in [3.63, 3.8) is 0 Å². The third kappa shape index (κ3) is 4.17. The van der Waals surface area contributed by atoms with Gasteiger partial charge in [-0.2, -0.15) is 0 Å². The molecule has 2 saturated heterocycles. The molecule has 2 N–H and O–H groups in total. The lowest BCUT2D eigenvalue weighted by Crippen LogP contribution is -2.53. The smallest absolute Gasteiger partial charge is 0.325 e. The van der Waals surface area contributed by atoms with Gasteiger partial charge < -0.3 is 15.5 Å². The third-order valence-electron chi connectivity index (χ3n) is 6.55. The molecule has 1 aromatic heterocycles. The van der Waals surface area contributed by atoms with Gasteiger partial charge in [-0.05, 0) is 60.7 Å². The normalized spacial score (nSPS) is 22.0. The second kappa shape index (κ2) is 8.57. The number of hydrogen-bond donors (Lipinski definition) is 2.